The van der Waals surface area contributed by atoms with E-state index in [1.165, 1.54) is 0 Å². The van der Waals surface area contributed by atoms with Crippen molar-refractivity contribution in [2.75, 3.05) is 0 Å². The fraction of sp³-hybridized carbons (Fsp3) is 0.231. The fourth-order valence-corrected chi connectivity index (χ4v) is 1.71. The van der Waals surface area contributed by atoms with Crippen LogP contribution in [0.4, 0.5) is 0 Å². The van der Waals surface area contributed by atoms with Crippen molar-refractivity contribution in [3.63, 3.8) is 0 Å². The van der Waals surface area contributed by atoms with E-state index in [1.54, 1.807) is 16.8 Å². The summed E-state index contributed by atoms with van der Waals surface area (Å²) in [6.07, 6.45) is 0. The van der Waals surface area contributed by atoms with Gasteiger partial charge in [0.2, 0.25) is 0 Å². The Morgan fingerprint density at radius 1 is 1.44 bits per heavy atom. The van der Waals surface area contributed by atoms with Crippen LogP contribution in [-0.4, -0.2) is 15.6 Å². The minimum Gasteiger partial charge on any atom is -0.487 e. The summed E-state index contributed by atoms with van der Waals surface area (Å²) in [5.74, 6) is 0.735. The standard InChI is InChI=1S/C13H16N4O/c1-9-6-11(17(2)16-9)8-18-12-5-3-4-10(7-12)13(14)15/h3-7H,8H2,1-2H3,(H3,14,15). The van der Waals surface area contributed by atoms with Gasteiger partial charge in [-0.2, -0.15) is 5.10 Å². The molecule has 2 rings (SSSR count). The third kappa shape index (κ3) is 2.68. The van der Waals surface area contributed by atoms with Crippen LogP contribution in [0.3, 0.4) is 0 Å². The lowest BCUT2D eigenvalue weighted by atomic mass is 10.2. The van der Waals surface area contributed by atoms with E-state index in [0.29, 0.717) is 17.9 Å². The number of rotatable bonds is 4. The zero-order valence-corrected chi connectivity index (χ0v) is 10.5. The van der Waals surface area contributed by atoms with Crippen LogP contribution in [0.25, 0.3) is 0 Å². The van der Waals surface area contributed by atoms with Gasteiger partial charge in [0, 0.05) is 12.6 Å². The Hall–Kier alpha value is -2.30. The Morgan fingerprint density at radius 2 is 2.22 bits per heavy atom. The maximum Gasteiger partial charge on any atom is 0.130 e. The van der Waals surface area contributed by atoms with Crippen molar-refractivity contribution in [1.29, 1.82) is 5.41 Å². The molecule has 1 heterocycles. The van der Waals surface area contributed by atoms with Crippen LogP contribution in [0.1, 0.15) is 17.0 Å². The second kappa shape index (κ2) is 4.91. The third-order valence-corrected chi connectivity index (χ3v) is 2.63. The van der Waals surface area contributed by atoms with Crippen molar-refractivity contribution in [1.82, 2.24) is 9.78 Å². The monoisotopic (exact) mass is 244 g/mol. The molecular weight excluding hydrogens is 228 g/mol. The van der Waals surface area contributed by atoms with Crippen LogP contribution in [0.2, 0.25) is 0 Å². The molecule has 5 heteroatoms. The molecule has 0 bridgehead atoms. The van der Waals surface area contributed by atoms with Crippen molar-refractivity contribution in [2.24, 2.45) is 12.8 Å². The Bertz CT molecular complexity index is 574. The summed E-state index contributed by atoms with van der Waals surface area (Å²) in [5, 5.41) is 11.6. The lowest BCUT2D eigenvalue weighted by molar-refractivity contribution is 0.295. The first-order valence-corrected chi connectivity index (χ1v) is 5.63. The highest BCUT2D eigenvalue weighted by Crippen LogP contribution is 2.15. The topological polar surface area (TPSA) is 76.9 Å². The molecule has 0 aliphatic carbocycles. The van der Waals surface area contributed by atoms with Crippen LogP contribution in [0.5, 0.6) is 5.75 Å². The number of hydrogen-bond donors (Lipinski definition) is 2. The average Bonchev–Trinajstić information content (AvgIpc) is 2.65. The number of aromatic nitrogens is 2. The maximum atomic E-state index is 7.37. The first-order valence-electron chi connectivity index (χ1n) is 5.63. The van der Waals surface area contributed by atoms with E-state index in [9.17, 15) is 0 Å². The van der Waals surface area contributed by atoms with E-state index in [-0.39, 0.29) is 5.84 Å². The van der Waals surface area contributed by atoms with Crippen molar-refractivity contribution < 1.29 is 4.74 Å². The van der Waals surface area contributed by atoms with E-state index >= 15 is 0 Å². The lowest BCUT2D eigenvalue weighted by Gasteiger charge is -2.07. The van der Waals surface area contributed by atoms with Gasteiger partial charge in [-0.1, -0.05) is 12.1 Å². The van der Waals surface area contributed by atoms with Crippen molar-refractivity contribution in [3.05, 3.63) is 47.3 Å². The third-order valence-electron chi connectivity index (χ3n) is 2.63. The van der Waals surface area contributed by atoms with Crippen LogP contribution in [0.15, 0.2) is 30.3 Å². The van der Waals surface area contributed by atoms with Gasteiger partial charge in [-0.25, -0.2) is 0 Å². The van der Waals surface area contributed by atoms with E-state index < -0.39 is 0 Å². The highest BCUT2D eigenvalue weighted by atomic mass is 16.5. The van der Waals surface area contributed by atoms with E-state index in [1.807, 2.05) is 32.2 Å². The molecule has 2 aromatic rings. The minimum absolute atomic E-state index is 0.0387. The molecule has 18 heavy (non-hydrogen) atoms. The summed E-state index contributed by atoms with van der Waals surface area (Å²) in [7, 11) is 1.89. The number of benzene rings is 1. The number of aryl methyl sites for hydroxylation is 2. The number of nitrogens with zero attached hydrogens (tertiary/aromatic N) is 2. The number of hydrogen-bond acceptors (Lipinski definition) is 3. The molecule has 0 saturated carbocycles. The van der Waals surface area contributed by atoms with Gasteiger partial charge in [-0.3, -0.25) is 10.1 Å². The van der Waals surface area contributed by atoms with Gasteiger partial charge in [0.1, 0.15) is 18.2 Å². The normalized spacial score (nSPS) is 10.3. The first-order chi connectivity index (χ1) is 8.56. The summed E-state index contributed by atoms with van der Waals surface area (Å²) in [5.41, 5.74) is 8.06. The minimum atomic E-state index is 0.0387. The Morgan fingerprint density at radius 3 is 2.83 bits per heavy atom. The number of nitrogens with two attached hydrogens (primary N) is 1. The fourth-order valence-electron chi connectivity index (χ4n) is 1.71. The van der Waals surface area contributed by atoms with Gasteiger partial charge >= 0.3 is 0 Å². The zero-order valence-electron chi connectivity index (χ0n) is 10.5. The SMILES string of the molecule is Cc1cc(COc2cccc(C(=N)N)c2)n(C)n1. The van der Waals surface area contributed by atoms with Gasteiger partial charge in [-0.05, 0) is 25.1 Å². The molecule has 0 saturated heterocycles. The molecule has 0 fully saturated rings. The number of nitrogen functional groups attached to an aromatic ring is 1. The zero-order chi connectivity index (χ0) is 13.1. The van der Waals surface area contributed by atoms with Crippen molar-refractivity contribution >= 4 is 5.84 Å². The van der Waals surface area contributed by atoms with Gasteiger partial charge < -0.3 is 10.5 Å². The lowest BCUT2D eigenvalue weighted by Crippen LogP contribution is -2.11. The molecule has 0 atom stereocenters. The quantitative estimate of drug-likeness (QED) is 0.633. The second-order valence-corrected chi connectivity index (χ2v) is 4.13. The van der Waals surface area contributed by atoms with Crippen LogP contribution in [-0.2, 0) is 13.7 Å². The summed E-state index contributed by atoms with van der Waals surface area (Å²) >= 11 is 0. The maximum absolute atomic E-state index is 7.37. The summed E-state index contributed by atoms with van der Waals surface area (Å²) in [6, 6.07) is 9.18. The molecule has 94 valence electrons. The molecule has 0 spiro atoms. The van der Waals surface area contributed by atoms with Crippen molar-refractivity contribution in [2.45, 2.75) is 13.5 Å². The molecule has 1 aromatic heterocycles. The molecule has 0 amide bonds. The number of amidine groups is 1. The molecule has 0 unspecified atom stereocenters. The molecule has 0 aliphatic rings. The van der Waals surface area contributed by atoms with E-state index in [0.717, 1.165) is 11.4 Å². The Kier molecular flexibility index (Phi) is 3.32. The molecule has 0 radical (unpaired) electrons. The summed E-state index contributed by atoms with van der Waals surface area (Å²) < 4.78 is 7.46. The van der Waals surface area contributed by atoms with Gasteiger partial charge in [0.25, 0.3) is 0 Å². The highest BCUT2D eigenvalue weighted by Gasteiger charge is 2.04. The van der Waals surface area contributed by atoms with Crippen molar-refractivity contribution in [3.8, 4) is 5.75 Å². The largest absolute Gasteiger partial charge is 0.487 e. The Labute approximate surface area is 106 Å². The molecule has 1 aromatic carbocycles. The highest BCUT2D eigenvalue weighted by molar-refractivity contribution is 5.95. The van der Waals surface area contributed by atoms with Gasteiger partial charge in [0.05, 0.1) is 11.4 Å². The Balaban J connectivity index is 2.08. The van der Waals surface area contributed by atoms with Crippen LogP contribution < -0.4 is 10.5 Å². The second-order valence-electron chi connectivity index (χ2n) is 4.13. The molecule has 5 nitrogen and oxygen atoms in total. The van der Waals surface area contributed by atoms with E-state index in [4.69, 9.17) is 15.9 Å². The summed E-state index contributed by atoms with van der Waals surface area (Å²) in [4.78, 5) is 0. The predicted molar refractivity (Wildman–Crippen MR) is 69.7 cm³/mol. The van der Waals surface area contributed by atoms with Gasteiger partial charge in [-0.15, -0.1) is 0 Å². The first kappa shape index (κ1) is 12.2. The van der Waals surface area contributed by atoms with E-state index in [2.05, 4.69) is 5.10 Å². The molecular formula is C13H16N4O. The van der Waals surface area contributed by atoms with Crippen LogP contribution >= 0.6 is 0 Å². The van der Waals surface area contributed by atoms with Gasteiger partial charge in [0.15, 0.2) is 0 Å². The summed E-state index contributed by atoms with van der Waals surface area (Å²) in [6.45, 7) is 2.39. The molecule has 3 N–H and O–H groups in total. The number of ether oxygens (including phenoxy) is 1. The average molecular weight is 244 g/mol. The molecule has 0 aliphatic heterocycles. The smallest absolute Gasteiger partial charge is 0.130 e. The van der Waals surface area contributed by atoms with Crippen LogP contribution in [0, 0.1) is 12.3 Å². The number of nitrogens with one attached hydrogen (secondary N) is 1. The predicted octanol–water partition coefficient (Wildman–Crippen LogP) is 1.59.